The molecule has 1 fully saturated rings. The van der Waals surface area contributed by atoms with Crippen LogP contribution in [0.4, 0.5) is 0 Å². The number of nitrogens with one attached hydrogen (secondary N) is 1. The first-order chi connectivity index (χ1) is 16.3. The second-order valence-electron chi connectivity index (χ2n) is 7.82. The number of methoxy groups -OCH3 is 2. The lowest BCUT2D eigenvalue weighted by molar-refractivity contribution is -0.164. The second-order valence-corrected chi connectivity index (χ2v) is 7.82. The molecule has 3 aromatic rings. The number of amides is 2. The van der Waals surface area contributed by atoms with Crippen LogP contribution in [0.3, 0.4) is 0 Å². The maximum atomic E-state index is 13.7. The molecule has 0 bridgehead atoms. The molecule has 0 radical (unpaired) electrons. The molecule has 1 atom stereocenters. The number of imide groups is 1. The highest BCUT2D eigenvalue weighted by atomic mass is 16.5. The van der Waals surface area contributed by atoms with Crippen molar-refractivity contribution >= 4 is 28.7 Å². The van der Waals surface area contributed by atoms with Crippen molar-refractivity contribution in [3.8, 4) is 11.5 Å². The van der Waals surface area contributed by atoms with Gasteiger partial charge in [0.2, 0.25) is 11.4 Å². The summed E-state index contributed by atoms with van der Waals surface area (Å²) >= 11 is 0. The van der Waals surface area contributed by atoms with E-state index in [1.165, 1.54) is 33.3 Å². The zero-order valence-electron chi connectivity index (χ0n) is 18.9. The van der Waals surface area contributed by atoms with E-state index in [-0.39, 0.29) is 36.4 Å². The van der Waals surface area contributed by atoms with Gasteiger partial charge in [-0.2, -0.15) is 0 Å². The fourth-order valence-electron chi connectivity index (χ4n) is 4.12. The van der Waals surface area contributed by atoms with E-state index in [0.717, 1.165) is 4.57 Å². The molecule has 34 heavy (non-hydrogen) atoms. The van der Waals surface area contributed by atoms with Crippen LogP contribution in [0.25, 0.3) is 10.9 Å². The molecule has 4 rings (SSSR count). The van der Waals surface area contributed by atoms with Crippen molar-refractivity contribution < 1.29 is 28.6 Å². The number of esters is 1. The number of benzene rings is 2. The second kappa shape index (κ2) is 8.97. The minimum absolute atomic E-state index is 0.103. The summed E-state index contributed by atoms with van der Waals surface area (Å²) in [6, 6.07) is 11.9. The lowest BCUT2D eigenvalue weighted by Crippen LogP contribution is -2.62. The Morgan fingerprint density at radius 3 is 2.41 bits per heavy atom. The van der Waals surface area contributed by atoms with Crippen LogP contribution in [-0.4, -0.2) is 41.6 Å². The number of aryl methyl sites for hydroxylation is 1. The quantitative estimate of drug-likeness (QED) is 0.331. The molecule has 0 spiro atoms. The Kier molecular flexibility index (Phi) is 6.06. The lowest BCUT2D eigenvalue weighted by Gasteiger charge is -2.35. The van der Waals surface area contributed by atoms with Crippen molar-refractivity contribution in [1.82, 2.24) is 14.9 Å². The van der Waals surface area contributed by atoms with Gasteiger partial charge >= 0.3 is 5.97 Å². The number of hydrogen-bond acceptors (Lipinski definition) is 8. The molecule has 176 valence electrons. The van der Waals surface area contributed by atoms with Crippen molar-refractivity contribution in [1.29, 1.82) is 0 Å². The minimum atomic E-state index is -2.10. The van der Waals surface area contributed by atoms with Gasteiger partial charge in [0.25, 0.3) is 11.5 Å². The van der Waals surface area contributed by atoms with Crippen LogP contribution < -0.4 is 20.3 Å². The molecular formula is C24H23N3O7. The molecule has 1 aliphatic rings. The first-order valence-electron chi connectivity index (χ1n) is 10.5. The van der Waals surface area contributed by atoms with E-state index >= 15 is 0 Å². The molecule has 1 N–H and O–H groups in total. The smallest absolute Gasteiger partial charge is 0.342 e. The molecule has 10 nitrogen and oxygen atoms in total. The summed E-state index contributed by atoms with van der Waals surface area (Å²) < 4.78 is 17.1. The zero-order chi connectivity index (χ0) is 24.5. The van der Waals surface area contributed by atoms with E-state index < -0.39 is 28.9 Å². The van der Waals surface area contributed by atoms with Crippen LogP contribution in [0.5, 0.6) is 11.5 Å². The molecule has 1 aliphatic heterocycles. The Labute approximate surface area is 194 Å². The van der Waals surface area contributed by atoms with Crippen LogP contribution in [-0.2, 0) is 31.3 Å². The van der Waals surface area contributed by atoms with Crippen LogP contribution in [0.2, 0.25) is 0 Å². The van der Waals surface area contributed by atoms with Gasteiger partial charge in [0.05, 0.1) is 25.1 Å². The van der Waals surface area contributed by atoms with Crippen LogP contribution >= 0.6 is 0 Å². The summed E-state index contributed by atoms with van der Waals surface area (Å²) in [6.45, 7) is 1.40. The predicted octanol–water partition coefficient (Wildman–Crippen LogP) is 1.60. The summed E-state index contributed by atoms with van der Waals surface area (Å²) in [5.74, 6) is -1.67. The fraction of sp³-hybridized carbons (Fsp3) is 0.292. The summed E-state index contributed by atoms with van der Waals surface area (Å²) in [5.41, 5.74) is -1.74. The zero-order valence-corrected chi connectivity index (χ0v) is 18.9. The van der Waals surface area contributed by atoms with Gasteiger partial charge in [0, 0.05) is 12.5 Å². The van der Waals surface area contributed by atoms with Gasteiger partial charge in [-0.1, -0.05) is 30.3 Å². The summed E-state index contributed by atoms with van der Waals surface area (Å²) in [6.07, 6.45) is -0.394. The number of carbonyl (C=O) groups is 3. The Morgan fingerprint density at radius 2 is 1.76 bits per heavy atom. The topological polar surface area (TPSA) is 126 Å². The number of fused-ring (bicyclic) bond motifs is 1. The predicted molar refractivity (Wildman–Crippen MR) is 120 cm³/mol. The monoisotopic (exact) mass is 465 g/mol. The highest BCUT2D eigenvalue weighted by molar-refractivity contribution is 6.13. The fourth-order valence-corrected chi connectivity index (χ4v) is 4.12. The molecule has 0 saturated carbocycles. The third-order valence-electron chi connectivity index (χ3n) is 5.82. The minimum Gasteiger partial charge on any atom is -0.493 e. The van der Waals surface area contributed by atoms with Gasteiger partial charge in [-0.05, 0) is 25.0 Å². The number of hydrogen-bond donors (Lipinski definition) is 1. The maximum Gasteiger partial charge on any atom is 0.342 e. The normalized spacial score (nSPS) is 17.9. The van der Waals surface area contributed by atoms with Gasteiger partial charge in [0.1, 0.15) is 12.4 Å². The molecular weight excluding hydrogens is 442 g/mol. The molecule has 0 aliphatic carbocycles. The van der Waals surface area contributed by atoms with Gasteiger partial charge in [-0.15, -0.1) is 0 Å². The molecule has 1 saturated heterocycles. The van der Waals surface area contributed by atoms with E-state index in [9.17, 15) is 19.2 Å². The van der Waals surface area contributed by atoms with Crippen molar-refractivity contribution in [2.75, 3.05) is 14.2 Å². The van der Waals surface area contributed by atoms with Gasteiger partial charge in [0.15, 0.2) is 11.5 Å². The number of aromatic nitrogens is 2. The Balaban J connectivity index is 1.88. The third kappa shape index (κ3) is 3.76. The first-order valence-corrected chi connectivity index (χ1v) is 10.5. The van der Waals surface area contributed by atoms with E-state index in [1.807, 2.05) is 6.07 Å². The standard InChI is InChI=1S/C24H23N3O7/c1-14-25-17-12-19(33-3)18(32-2)11-16(17)21(29)27(14)24(10-9-20(28)26-22(24)30)23(31)34-13-15-7-5-4-6-8-15/h4-8,11-12H,9-10,13H2,1-3H3,(H,26,28,30)/t24-/m0/s1. The van der Waals surface area contributed by atoms with Crippen LogP contribution in [0.15, 0.2) is 47.3 Å². The van der Waals surface area contributed by atoms with E-state index in [4.69, 9.17) is 14.2 Å². The van der Waals surface area contributed by atoms with Crippen molar-refractivity contribution in [3.63, 3.8) is 0 Å². The van der Waals surface area contributed by atoms with Crippen molar-refractivity contribution in [2.45, 2.75) is 31.9 Å². The van der Waals surface area contributed by atoms with E-state index in [1.54, 1.807) is 24.3 Å². The summed E-state index contributed by atoms with van der Waals surface area (Å²) in [7, 11) is 2.88. The molecule has 2 amide bonds. The Bertz CT molecular complexity index is 1350. The SMILES string of the molecule is COc1cc2nc(C)n([C@@]3(C(=O)OCc4ccccc4)CCC(=O)NC3=O)c(=O)c2cc1OC. The Hall–Kier alpha value is -4.21. The lowest BCUT2D eigenvalue weighted by atomic mass is 9.87. The summed E-state index contributed by atoms with van der Waals surface area (Å²) in [4.78, 5) is 56.7. The molecule has 10 heteroatoms. The number of ether oxygens (including phenoxy) is 3. The van der Waals surface area contributed by atoms with Crippen LogP contribution in [0, 0.1) is 6.92 Å². The van der Waals surface area contributed by atoms with E-state index in [2.05, 4.69) is 10.3 Å². The largest absolute Gasteiger partial charge is 0.493 e. The molecule has 1 aromatic heterocycles. The average Bonchev–Trinajstić information content (AvgIpc) is 2.83. The summed E-state index contributed by atoms with van der Waals surface area (Å²) in [5, 5.41) is 2.29. The number of rotatable bonds is 6. The highest BCUT2D eigenvalue weighted by Gasteiger charge is 2.54. The first kappa shape index (κ1) is 23.0. The number of carbonyl (C=O) groups excluding carboxylic acids is 3. The Morgan fingerprint density at radius 1 is 1.09 bits per heavy atom. The van der Waals surface area contributed by atoms with Crippen molar-refractivity contribution in [3.05, 3.63) is 64.2 Å². The van der Waals surface area contributed by atoms with E-state index in [0.29, 0.717) is 16.8 Å². The highest BCUT2D eigenvalue weighted by Crippen LogP contribution is 2.33. The number of piperidine rings is 1. The molecule has 2 heterocycles. The van der Waals surface area contributed by atoms with Gasteiger partial charge in [-0.25, -0.2) is 9.78 Å². The van der Waals surface area contributed by atoms with Crippen LogP contribution in [0.1, 0.15) is 24.2 Å². The van der Waals surface area contributed by atoms with Gasteiger partial charge < -0.3 is 14.2 Å². The molecule has 2 aromatic carbocycles. The maximum absolute atomic E-state index is 13.7. The molecule has 0 unspecified atom stereocenters. The van der Waals surface area contributed by atoms with Gasteiger partial charge in [-0.3, -0.25) is 24.3 Å². The van der Waals surface area contributed by atoms with Crippen molar-refractivity contribution in [2.24, 2.45) is 0 Å². The number of nitrogens with zero attached hydrogens (tertiary/aromatic N) is 2. The average molecular weight is 465 g/mol. The third-order valence-corrected chi connectivity index (χ3v) is 5.82.